The lowest BCUT2D eigenvalue weighted by atomic mass is 10.3. The van der Waals surface area contributed by atoms with Crippen LogP contribution in [0.4, 0.5) is 5.13 Å². The second-order valence-electron chi connectivity index (χ2n) is 7.15. The highest BCUT2D eigenvalue weighted by atomic mass is 32.2. The van der Waals surface area contributed by atoms with Gasteiger partial charge in [0.25, 0.3) is 0 Å². The molecule has 0 amide bonds. The molecule has 0 unspecified atom stereocenters. The fourth-order valence-electron chi connectivity index (χ4n) is 3.78. The maximum Gasteiger partial charge on any atom is 0.240 e. The number of piperazine rings is 1. The van der Waals surface area contributed by atoms with Crippen LogP contribution in [0.1, 0.15) is 32.6 Å². The summed E-state index contributed by atoms with van der Waals surface area (Å²) in [5, 5.41) is 0.994. The number of aromatic nitrogens is 1. The van der Waals surface area contributed by atoms with E-state index in [-0.39, 0.29) is 6.04 Å². The SMILES string of the molecule is CCN1CCN(c2nc3ccc(S(=O)(=O)NC4CCCC4)cc3s2)CC1. The van der Waals surface area contributed by atoms with Crippen LogP contribution in [0.3, 0.4) is 0 Å². The first-order valence-electron chi connectivity index (χ1n) is 9.45. The third kappa shape index (κ3) is 3.74. The Kier molecular flexibility index (Phi) is 5.18. The van der Waals surface area contributed by atoms with E-state index < -0.39 is 10.0 Å². The molecular weight excluding hydrogens is 368 g/mol. The Labute approximate surface area is 159 Å². The van der Waals surface area contributed by atoms with Gasteiger partial charge in [0.15, 0.2) is 5.13 Å². The monoisotopic (exact) mass is 394 g/mol. The smallest absolute Gasteiger partial charge is 0.240 e. The maximum absolute atomic E-state index is 12.7. The summed E-state index contributed by atoms with van der Waals surface area (Å²) in [5.74, 6) is 0. The molecule has 6 nitrogen and oxygen atoms in total. The third-order valence-corrected chi connectivity index (χ3v) is 8.02. The number of likely N-dealkylation sites (N-methyl/N-ethyl adjacent to an activating group) is 1. The van der Waals surface area contributed by atoms with E-state index in [9.17, 15) is 8.42 Å². The van der Waals surface area contributed by atoms with Crippen LogP contribution >= 0.6 is 11.3 Å². The van der Waals surface area contributed by atoms with Crippen LogP contribution < -0.4 is 9.62 Å². The quantitative estimate of drug-likeness (QED) is 0.845. The van der Waals surface area contributed by atoms with Crippen LogP contribution in [0.2, 0.25) is 0 Å². The van der Waals surface area contributed by atoms with Crippen LogP contribution in [-0.4, -0.2) is 57.1 Å². The highest BCUT2D eigenvalue weighted by Crippen LogP contribution is 2.31. The number of hydrogen-bond donors (Lipinski definition) is 1. The molecule has 1 aromatic carbocycles. The minimum Gasteiger partial charge on any atom is -0.345 e. The molecule has 1 aliphatic carbocycles. The Morgan fingerprint density at radius 1 is 1.19 bits per heavy atom. The maximum atomic E-state index is 12.7. The van der Waals surface area contributed by atoms with Crippen molar-refractivity contribution in [2.24, 2.45) is 0 Å². The van der Waals surface area contributed by atoms with E-state index in [0.717, 1.165) is 73.8 Å². The van der Waals surface area contributed by atoms with Gasteiger partial charge in [0.05, 0.1) is 15.1 Å². The number of nitrogens with one attached hydrogen (secondary N) is 1. The van der Waals surface area contributed by atoms with Crippen molar-refractivity contribution in [1.29, 1.82) is 0 Å². The Morgan fingerprint density at radius 3 is 2.62 bits per heavy atom. The van der Waals surface area contributed by atoms with Crippen LogP contribution in [-0.2, 0) is 10.0 Å². The summed E-state index contributed by atoms with van der Waals surface area (Å²) in [5.41, 5.74) is 0.878. The summed E-state index contributed by atoms with van der Waals surface area (Å²) in [4.78, 5) is 9.82. The highest BCUT2D eigenvalue weighted by Gasteiger charge is 2.24. The van der Waals surface area contributed by atoms with Crippen molar-refractivity contribution in [2.75, 3.05) is 37.6 Å². The lowest BCUT2D eigenvalue weighted by Gasteiger charge is -2.33. The molecule has 1 saturated carbocycles. The molecule has 142 valence electrons. The van der Waals surface area contributed by atoms with Gasteiger partial charge in [-0.2, -0.15) is 0 Å². The number of nitrogens with zero attached hydrogens (tertiary/aromatic N) is 3. The van der Waals surface area contributed by atoms with Crippen molar-refractivity contribution in [3.8, 4) is 0 Å². The molecule has 1 N–H and O–H groups in total. The van der Waals surface area contributed by atoms with Crippen LogP contribution in [0.25, 0.3) is 10.2 Å². The molecule has 1 aromatic heterocycles. The average molecular weight is 395 g/mol. The van der Waals surface area contributed by atoms with Crippen molar-refractivity contribution in [3.63, 3.8) is 0 Å². The van der Waals surface area contributed by atoms with Crippen molar-refractivity contribution in [1.82, 2.24) is 14.6 Å². The van der Waals surface area contributed by atoms with E-state index in [1.807, 2.05) is 6.07 Å². The molecule has 2 heterocycles. The van der Waals surface area contributed by atoms with Gasteiger partial charge < -0.3 is 9.80 Å². The van der Waals surface area contributed by atoms with Crippen molar-refractivity contribution >= 4 is 36.7 Å². The predicted molar refractivity (Wildman–Crippen MR) is 107 cm³/mol. The molecular formula is C18H26N4O2S2. The van der Waals surface area contributed by atoms with Gasteiger partial charge in [0.1, 0.15) is 0 Å². The van der Waals surface area contributed by atoms with Gasteiger partial charge in [0, 0.05) is 32.2 Å². The van der Waals surface area contributed by atoms with Crippen molar-refractivity contribution in [2.45, 2.75) is 43.5 Å². The fourth-order valence-corrected chi connectivity index (χ4v) is 6.24. The molecule has 0 bridgehead atoms. The number of anilines is 1. The largest absolute Gasteiger partial charge is 0.345 e. The van der Waals surface area contributed by atoms with E-state index >= 15 is 0 Å². The van der Waals surface area contributed by atoms with Gasteiger partial charge in [-0.05, 0) is 37.6 Å². The summed E-state index contributed by atoms with van der Waals surface area (Å²) in [6.07, 6.45) is 4.09. The number of thiazole rings is 1. The van der Waals surface area contributed by atoms with Crippen LogP contribution in [0.15, 0.2) is 23.1 Å². The zero-order valence-electron chi connectivity index (χ0n) is 15.1. The number of rotatable bonds is 5. The second-order valence-corrected chi connectivity index (χ2v) is 9.87. The molecule has 2 fully saturated rings. The minimum absolute atomic E-state index is 0.0857. The zero-order chi connectivity index (χ0) is 18.1. The van der Waals surface area contributed by atoms with Gasteiger partial charge >= 0.3 is 0 Å². The molecule has 0 atom stereocenters. The summed E-state index contributed by atoms with van der Waals surface area (Å²) in [6.45, 7) is 7.33. The highest BCUT2D eigenvalue weighted by molar-refractivity contribution is 7.89. The minimum atomic E-state index is -3.45. The van der Waals surface area contributed by atoms with Gasteiger partial charge in [-0.25, -0.2) is 18.1 Å². The third-order valence-electron chi connectivity index (χ3n) is 5.43. The Balaban J connectivity index is 1.54. The lowest BCUT2D eigenvalue weighted by molar-refractivity contribution is 0.271. The van der Waals surface area contributed by atoms with E-state index in [1.165, 1.54) is 0 Å². The topological polar surface area (TPSA) is 65.5 Å². The molecule has 26 heavy (non-hydrogen) atoms. The normalized spacial score (nSPS) is 20.3. The standard InChI is InChI=1S/C18H26N4O2S2/c1-2-21-9-11-22(12-10-21)18-19-16-8-7-15(13-17(16)25-18)26(23,24)20-14-5-3-4-6-14/h7-8,13-14,20H,2-6,9-12H2,1H3. The molecule has 2 aliphatic rings. The summed E-state index contributed by atoms with van der Waals surface area (Å²) in [7, 11) is -3.45. The molecule has 0 spiro atoms. The first-order chi connectivity index (χ1) is 12.5. The van der Waals surface area contributed by atoms with Crippen molar-refractivity contribution in [3.05, 3.63) is 18.2 Å². The van der Waals surface area contributed by atoms with Crippen molar-refractivity contribution < 1.29 is 8.42 Å². The van der Waals surface area contributed by atoms with Gasteiger partial charge in [-0.3, -0.25) is 0 Å². The van der Waals surface area contributed by atoms with E-state index in [2.05, 4.69) is 21.4 Å². The Hall–Kier alpha value is -1.22. The number of benzene rings is 1. The fraction of sp³-hybridized carbons (Fsp3) is 0.611. The number of hydrogen-bond acceptors (Lipinski definition) is 6. The molecule has 8 heteroatoms. The van der Waals surface area contributed by atoms with Crippen LogP contribution in [0, 0.1) is 0 Å². The van der Waals surface area contributed by atoms with Crippen LogP contribution in [0.5, 0.6) is 0 Å². The lowest BCUT2D eigenvalue weighted by Crippen LogP contribution is -2.46. The summed E-state index contributed by atoms with van der Waals surface area (Å²) >= 11 is 1.59. The van der Waals surface area contributed by atoms with E-state index in [4.69, 9.17) is 4.98 Å². The molecule has 0 radical (unpaired) electrons. The molecule has 1 saturated heterocycles. The zero-order valence-corrected chi connectivity index (χ0v) is 16.8. The Morgan fingerprint density at radius 2 is 1.92 bits per heavy atom. The number of sulfonamides is 1. The summed E-state index contributed by atoms with van der Waals surface area (Å²) in [6, 6.07) is 5.37. The number of fused-ring (bicyclic) bond motifs is 1. The molecule has 2 aromatic rings. The van der Waals surface area contributed by atoms with Gasteiger partial charge in [-0.1, -0.05) is 31.1 Å². The first-order valence-corrected chi connectivity index (χ1v) is 11.8. The van der Waals surface area contributed by atoms with E-state index in [1.54, 1.807) is 23.5 Å². The predicted octanol–water partition coefficient (Wildman–Crippen LogP) is 2.66. The van der Waals surface area contributed by atoms with Gasteiger partial charge in [-0.15, -0.1) is 0 Å². The molecule has 4 rings (SSSR count). The van der Waals surface area contributed by atoms with E-state index in [0.29, 0.717) is 4.90 Å². The Bertz CT molecular complexity index is 866. The average Bonchev–Trinajstić information content (AvgIpc) is 3.30. The second kappa shape index (κ2) is 7.42. The first kappa shape index (κ1) is 18.2. The molecule has 1 aliphatic heterocycles. The summed E-state index contributed by atoms with van der Waals surface area (Å²) < 4.78 is 29.1. The van der Waals surface area contributed by atoms with Gasteiger partial charge in [0.2, 0.25) is 10.0 Å².